The second-order valence-corrected chi connectivity index (χ2v) is 5.02. The second-order valence-electron chi connectivity index (χ2n) is 5.02. The summed E-state index contributed by atoms with van der Waals surface area (Å²) in [6, 6.07) is 13.0. The number of nitro groups is 1. The lowest BCUT2D eigenvalue weighted by molar-refractivity contribution is -0.385. The van der Waals surface area contributed by atoms with Crippen LogP contribution in [0.3, 0.4) is 0 Å². The second kappa shape index (κ2) is 7.87. The van der Waals surface area contributed by atoms with E-state index in [4.69, 9.17) is 0 Å². The van der Waals surface area contributed by atoms with E-state index in [0.29, 0.717) is 5.69 Å². The zero-order valence-corrected chi connectivity index (χ0v) is 13.1. The van der Waals surface area contributed by atoms with Gasteiger partial charge in [0.2, 0.25) is 5.91 Å². The van der Waals surface area contributed by atoms with Crippen molar-refractivity contribution in [1.82, 2.24) is 5.32 Å². The van der Waals surface area contributed by atoms with Gasteiger partial charge in [0.1, 0.15) is 5.56 Å². The Morgan fingerprint density at radius 2 is 1.75 bits per heavy atom. The van der Waals surface area contributed by atoms with Gasteiger partial charge in [0.25, 0.3) is 11.6 Å². The highest BCUT2D eigenvalue weighted by atomic mass is 16.6. The Kier molecular flexibility index (Phi) is 5.62. The molecular formula is C17H17N3O4. The average molecular weight is 327 g/mol. The summed E-state index contributed by atoms with van der Waals surface area (Å²) < 4.78 is 0. The molecule has 0 aromatic heterocycles. The molecule has 0 aliphatic heterocycles. The van der Waals surface area contributed by atoms with Crippen LogP contribution < -0.4 is 10.6 Å². The molecule has 0 atom stereocenters. The first-order valence-corrected chi connectivity index (χ1v) is 7.42. The minimum Gasteiger partial charge on any atom is -0.343 e. The van der Waals surface area contributed by atoms with Crippen LogP contribution in [0.1, 0.15) is 22.8 Å². The van der Waals surface area contributed by atoms with E-state index in [-0.39, 0.29) is 17.8 Å². The van der Waals surface area contributed by atoms with Gasteiger partial charge in [-0.2, -0.15) is 0 Å². The van der Waals surface area contributed by atoms with E-state index in [1.54, 1.807) is 12.1 Å². The summed E-state index contributed by atoms with van der Waals surface area (Å²) in [7, 11) is 0. The first-order chi connectivity index (χ1) is 11.5. The lowest BCUT2D eigenvalue weighted by Crippen LogP contribution is -2.33. The summed E-state index contributed by atoms with van der Waals surface area (Å²) in [5.41, 5.74) is 1.29. The maximum Gasteiger partial charge on any atom is 0.282 e. The van der Waals surface area contributed by atoms with Crippen molar-refractivity contribution in [1.29, 1.82) is 0 Å². The molecule has 0 heterocycles. The fraction of sp³-hybridized carbons (Fsp3) is 0.176. The molecule has 7 nitrogen and oxygen atoms in total. The van der Waals surface area contributed by atoms with E-state index in [9.17, 15) is 19.7 Å². The zero-order valence-electron chi connectivity index (χ0n) is 13.1. The number of carbonyl (C=O) groups is 2. The summed E-state index contributed by atoms with van der Waals surface area (Å²) in [5, 5.41) is 16.0. The molecule has 0 spiro atoms. The summed E-state index contributed by atoms with van der Waals surface area (Å²) in [5.74, 6) is -1.07. The third-order valence-corrected chi connectivity index (χ3v) is 3.43. The highest BCUT2D eigenvalue weighted by Gasteiger charge is 2.19. The van der Waals surface area contributed by atoms with Gasteiger partial charge in [-0.3, -0.25) is 19.7 Å². The predicted octanol–water partition coefficient (Wildman–Crippen LogP) is 2.53. The van der Waals surface area contributed by atoms with Crippen LogP contribution >= 0.6 is 0 Å². The van der Waals surface area contributed by atoms with E-state index < -0.39 is 16.7 Å². The van der Waals surface area contributed by atoms with Crippen molar-refractivity contribution < 1.29 is 14.5 Å². The Morgan fingerprint density at radius 3 is 2.46 bits per heavy atom. The fourth-order valence-electron chi connectivity index (χ4n) is 2.23. The standard InChI is InChI=1S/C17H17N3O4/c1-2-12-7-3-5-9-14(12)19-16(21)11-18-17(22)13-8-4-6-10-15(13)20(23)24/h3-10H,2,11H2,1H3,(H,18,22)(H,19,21). The van der Waals surface area contributed by atoms with Crippen molar-refractivity contribution in [3.05, 3.63) is 69.8 Å². The van der Waals surface area contributed by atoms with Crippen LogP contribution in [-0.4, -0.2) is 23.3 Å². The van der Waals surface area contributed by atoms with E-state index in [1.807, 2.05) is 19.1 Å². The molecule has 0 saturated heterocycles. The molecule has 0 radical (unpaired) electrons. The number of rotatable bonds is 6. The minimum absolute atomic E-state index is 0.0794. The van der Waals surface area contributed by atoms with Gasteiger partial charge in [0.05, 0.1) is 11.5 Å². The summed E-state index contributed by atoms with van der Waals surface area (Å²) in [6.45, 7) is 1.70. The monoisotopic (exact) mass is 327 g/mol. The van der Waals surface area contributed by atoms with Crippen molar-refractivity contribution in [2.75, 3.05) is 11.9 Å². The number of aryl methyl sites for hydroxylation is 1. The molecule has 0 aliphatic rings. The van der Waals surface area contributed by atoms with E-state index in [2.05, 4.69) is 10.6 Å². The third-order valence-electron chi connectivity index (χ3n) is 3.43. The van der Waals surface area contributed by atoms with Crippen LogP contribution in [0.25, 0.3) is 0 Å². The number of benzene rings is 2. The van der Waals surface area contributed by atoms with Gasteiger partial charge in [0.15, 0.2) is 0 Å². The topological polar surface area (TPSA) is 101 Å². The summed E-state index contributed by atoms with van der Waals surface area (Å²) in [4.78, 5) is 34.3. The number of carbonyl (C=O) groups excluding carboxylic acids is 2. The molecular weight excluding hydrogens is 310 g/mol. The van der Waals surface area contributed by atoms with E-state index in [0.717, 1.165) is 12.0 Å². The number of para-hydroxylation sites is 2. The van der Waals surface area contributed by atoms with E-state index in [1.165, 1.54) is 24.3 Å². The van der Waals surface area contributed by atoms with Crippen LogP contribution in [0.15, 0.2) is 48.5 Å². The quantitative estimate of drug-likeness (QED) is 0.628. The van der Waals surface area contributed by atoms with Crippen LogP contribution in [0.5, 0.6) is 0 Å². The molecule has 2 N–H and O–H groups in total. The van der Waals surface area contributed by atoms with Gasteiger partial charge in [-0.25, -0.2) is 0 Å². The molecule has 0 unspecified atom stereocenters. The molecule has 2 aromatic carbocycles. The summed E-state index contributed by atoms with van der Waals surface area (Å²) >= 11 is 0. The van der Waals surface area contributed by atoms with Gasteiger partial charge >= 0.3 is 0 Å². The molecule has 124 valence electrons. The Balaban J connectivity index is 1.99. The smallest absolute Gasteiger partial charge is 0.282 e. The molecule has 0 saturated carbocycles. The molecule has 2 rings (SSSR count). The highest BCUT2D eigenvalue weighted by Crippen LogP contribution is 2.17. The zero-order chi connectivity index (χ0) is 17.5. The third kappa shape index (κ3) is 4.16. The Bertz CT molecular complexity index is 774. The van der Waals surface area contributed by atoms with Crippen molar-refractivity contribution in [3.63, 3.8) is 0 Å². The lowest BCUT2D eigenvalue weighted by atomic mass is 10.1. The highest BCUT2D eigenvalue weighted by molar-refractivity contribution is 6.01. The minimum atomic E-state index is -0.666. The molecule has 0 aliphatic carbocycles. The van der Waals surface area contributed by atoms with Crippen molar-refractivity contribution >= 4 is 23.2 Å². The van der Waals surface area contributed by atoms with Crippen LogP contribution in [0.2, 0.25) is 0 Å². The largest absolute Gasteiger partial charge is 0.343 e. The molecule has 0 bridgehead atoms. The van der Waals surface area contributed by atoms with Gasteiger partial charge in [-0.15, -0.1) is 0 Å². The van der Waals surface area contributed by atoms with Crippen LogP contribution in [0.4, 0.5) is 11.4 Å². The van der Waals surface area contributed by atoms with E-state index >= 15 is 0 Å². The normalized spacial score (nSPS) is 10.0. The number of hydrogen-bond donors (Lipinski definition) is 2. The fourth-order valence-corrected chi connectivity index (χ4v) is 2.23. The predicted molar refractivity (Wildman–Crippen MR) is 89.9 cm³/mol. The first-order valence-electron chi connectivity index (χ1n) is 7.42. The van der Waals surface area contributed by atoms with Gasteiger partial charge in [-0.1, -0.05) is 37.3 Å². The summed E-state index contributed by atoms with van der Waals surface area (Å²) in [6.07, 6.45) is 0.763. The number of nitrogens with zero attached hydrogens (tertiary/aromatic N) is 1. The Labute approximate surface area is 138 Å². The molecule has 0 fully saturated rings. The van der Waals surface area contributed by atoms with Crippen molar-refractivity contribution in [2.45, 2.75) is 13.3 Å². The maximum atomic E-state index is 12.1. The first kappa shape index (κ1) is 17.1. The van der Waals surface area contributed by atoms with Crippen molar-refractivity contribution in [3.8, 4) is 0 Å². The number of nitro benzene ring substituents is 1. The number of hydrogen-bond acceptors (Lipinski definition) is 4. The Morgan fingerprint density at radius 1 is 1.08 bits per heavy atom. The Hall–Kier alpha value is -3.22. The number of amides is 2. The number of nitrogens with one attached hydrogen (secondary N) is 2. The van der Waals surface area contributed by atoms with Crippen LogP contribution in [-0.2, 0) is 11.2 Å². The molecule has 2 aromatic rings. The van der Waals surface area contributed by atoms with Crippen molar-refractivity contribution in [2.24, 2.45) is 0 Å². The molecule has 2 amide bonds. The number of anilines is 1. The SMILES string of the molecule is CCc1ccccc1NC(=O)CNC(=O)c1ccccc1[N+](=O)[O-]. The van der Waals surface area contributed by atoms with Gasteiger partial charge < -0.3 is 10.6 Å². The van der Waals surface area contributed by atoms with Gasteiger partial charge in [-0.05, 0) is 24.1 Å². The molecule has 24 heavy (non-hydrogen) atoms. The lowest BCUT2D eigenvalue weighted by Gasteiger charge is -2.10. The molecule has 7 heteroatoms. The average Bonchev–Trinajstić information content (AvgIpc) is 2.60. The maximum absolute atomic E-state index is 12.1. The van der Waals surface area contributed by atoms with Crippen LogP contribution in [0, 0.1) is 10.1 Å². The van der Waals surface area contributed by atoms with Gasteiger partial charge in [0, 0.05) is 11.8 Å².